The molecular formula is C37H60N4O7. The van der Waals surface area contributed by atoms with Crippen molar-refractivity contribution in [2.45, 2.75) is 148 Å². The fourth-order valence-electron chi connectivity index (χ4n) is 12.0. The minimum atomic E-state index is -1.29. The average molecular weight is 673 g/mol. The number of fused-ring (bicyclic) bond motifs is 1. The van der Waals surface area contributed by atoms with Gasteiger partial charge < -0.3 is 45.1 Å². The second-order valence-corrected chi connectivity index (χ2v) is 18.0. The number of nitrogens with two attached hydrogens (primary N) is 1. The summed E-state index contributed by atoms with van der Waals surface area (Å²) in [5.74, 6) is 1.06. The van der Waals surface area contributed by atoms with Gasteiger partial charge in [-0.1, -0.05) is 34.1 Å². The van der Waals surface area contributed by atoms with E-state index in [9.17, 15) is 20.1 Å². The van der Waals surface area contributed by atoms with Gasteiger partial charge in [0.1, 0.15) is 6.10 Å². The number of carbonyl (C=O) groups excluding carboxylic acids is 1. The SMILES string of the molecule is CC1CC(C(O)C(C)(C)O)OC2C(O)C(N)C(C)(CCC34CCCC5C(C)(C)C(OC6CN(C(=O)c7ncc[nH]7)CCO6)CCC53C4)C12. The van der Waals surface area contributed by atoms with Crippen LogP contribution >= 0.6 is 0 Å². The number of rotatable bonds is 8. The number of amides is 1. The zero-order valence-electron chi connectivity index (χ0n) is 29.9. The Labute approximate surface area is 285 Å². The highest BCUT2D eigenvalue weighted by molar-refractivity contribution is 5.90. The van der Waals surface area contributed by atoms with Crippen molar-refractivity contribution in [1.82, 2.24) is 14.9 Å². The maximum absolute atomic E-state index is 13.0. The Morgan fingerprint density at radius 2 is 2.02 bits per heavy atom. The highest BCUT2D eigenvalue weighted by atomic mass is 16.7. The van der Waals surface area contributed by atoms with E-state index in [-0.39, 0.29) is 40.1 Å². The molecule has 6 aliphatic rings. The molecule has 3 heterocycles. The predicted octanol–water partition coefficient (Wildman–Crippen LogP) is 3.62. The monoisotopic (exact) mass is 672 g/mol. The van der Waals surface area contributed by atoms with Gasteiger partial charge in [0, 0.05) is 25.0 Å². The first-order valence-electron chi connectivity index (χ1n) is 18.6. The van der Waals surface area contributed by atoms with Gasteiger partial charge in [-0.3, -0.25) is 4.79 Å². The number of aromatic nitrogens is 2. The van der Waals surface area contributed by atoms with E-state index in [1.54, 1.807) is 31.1 Å². The summed E-state index contributed by atoms with van der Waals surface area (Å²) in [6.45, 7) is 13.8. The first-order valence-corrected chi connectivity index (χ1v) is 18.6. The summed E-state index contributed by atoms with van der Waals surface area (Å²) >= 11 is 0. The molecule has 4 saturated carbocycles. The molecule has 0 aromatic carbocycles. The Kier molecular flexibility index (Phi) is 8.70. The number of nitrogens with one attached hydrogen (secondary N) is 1. The molecule has 1 aromatic rings. The average Bonchev–Trinajstić information content (AvgIpc) is 3.29. The Morgan fingerprint density at radius 1 is 1.25 bits per heavy atom. The first kappa shape index (κ1) is 34.8. The van der Waals surface area contributed by atoms with E-state index in [4.69, 9.17) is 19.9 Å². The van der Waals surface area contributed by atoms with E-state index in [0.29, 0.717) is 43.3 Å². The number of aromatic amines is 1. The fourth-order valence-corrected chi connectivity index (χ4v) is 12.0. The highest BCUT2D eigenvalue weighted by Gasteiger charge is 2.75. The first-order chi connectivity index (χ1) is 22.5. The number of ether oxygens (including phenoxy) is 3. The second kappa shape index (κ2) is 12.0. The molecule has 13 unspecified atom stereocenters. The number of aliphatic hydroxyl groups excluding tert-OH is 2. The van der Waals surface area contributed by atoms with Gasteiger partial charge in [-0.15, -0.1) is 0 Å². The number of hydrogen-bond acceptors (Lipinski definition) is 9. The van der Waals surface area contributed by atoms with Crippen LogP contribution in [0.4, 0.5) is 0 Å². The van der Waals surface area contributed by atoms with Crippen molar-refractivity contribution in [3.8, 4) is 0 Å². The van der Waals surface area contributed by atoms with E-state index < -0.39 is 42.3 Å². The van der Waals surface area contributed by atoms with Gasteiger partial charge in [0.15, 0.2) is 12.1 Å². The third-order valence-electron chi connectivity index (χ3n) is 14.7. The molecule has 1 aromatic heterocycles. The molecule has 1 amide bonds. The maximum Gasteiger partial charge on any atom is 0.289 e. The van der Waals surface area contributed by atoms with Crippen molar-refractivity contribution in [3.63, 3.8) is 0 Å². The van der Waals surface area contributed by atoms with E-state index in [1.165, 1.54) is 25.7 Å². The molecule has 2 aliphatic heterocycles. The van der Waals surface area contributed by atoms with Crippen LogP contribution in [0.3, 0.4) is 0 Å². The smallest absolute Gasteiger partial charge is 0.289 e. The molecule has 7 rings (SSSR count). The topological polar surface area (TPSA) is 163 Å². The molecule has 4 aliphatic carbocycles. The lowest BCUT2D eigenvalue weighted by Crippen LogP contribution is -2.54. The number of H-pyrrole nitrogens is 1. The molecule has 0 radical (unpaired) electrons. The van der Waals surface area contributed by atoms with Crippen molar-refractivity contribution < 1.29 is 34.3 Å². The maximum atomic E-state index is 13.0. The van der Waals surface area contributed by atoms with Crippen molar-refractivity contribution in [3.05, 3.63) is 18.2 Å². The van der Waals surface area contributed by atoms with Crippen LogP contribution in [0.25, 0.3) is 0 Å². The van der Waals surface area contributed by atoms with Crippen molar-refractivity contribution in [2.24, 2.45) is 45.1 Å². The fraction of sp³-hybridized carbons (Fsp3) is 0.892. The van der Waals surface area contributed by atoms with E-state index in [0.717, 1.165) is 25.7 Å². The van der Waals surface area contributed by atoms with Gasteiger partial charge in [-0.2, -0.15) is 0 Å². The third kappa shape index (κ3) is 5.40. The molecule has 1 spiro atoms. The number of morpholine rings is 1. The summed E-state index contributed by atoms with van der Waals surface area (Å²) < 4.78 is 19.2. The molecule has 11 heteroatoms. The molecular weight excluding hydrogens is 612 g/mol. The van der Waals surface area contributed by atoms with Gasteiger partial charge in [-0.05, 0) is 105 Å². The quantitative estimate of drug-likeness (QED) is 0.278. The van der Waals surface area contributed by atoms with E-state index in [1.807, 2.05) is 0 Å². The van der Waals surface area contributed by atoms with Gasteiger partial charge in [0.05, 0.1) is 43.2 Å². The van der Waals surface area contributed by atoms with E-state index in [2.05, 4.69) is 37.7 Å². The Bertz CT molecular complexity index is 1340. The Balaban J connectivity index is 1.02. The van der Waals surface area contributed by atoms with Crippen molar-refractivity contribution >= 4 is 5.91 Å². The third-order valence-corrected chi connectivity index (χ3v) is 14.7. The normalized spacial score (nSPS) is 46.0. The summed E-state index contributed by atoms with van der Waals surface area (Å²) in [6.07, 6.45) is 9.76. The van der Waals surface area contributed by atoms with Gasteiger partial charge in [-0.25, -0.2) is 4.98 Å². The molecule has 48 heavy (non-hydrogen) atoms. The van der Waals surface area contributed by atoms with Crippen LogP contribution in [0.1, 0.15) is 110 Å². The largest absolute Gasteiger partial charge is 0.389 e. The van der Waals surface area contributed by atoms with Gasteiger partial charge >= 0.3 is 0 Å². The molecule has 11 nitrogen and oxygen atoms in total. The minimum absolute atomic E-state index is 0.0336. The summed E-state index contributed by atoms with van der Waals surface area (Å²) in [5.41, 5.74) is 5.88. The minimum Gasteiger partial charge on any atom is -0.389 e. The lowest BCUT2D eigenvalue weighted by molar-refractivity contribution is -0.238. The molecule has 0 bridgehead atoms. The summed E-state index contributed by atoms with van der Waals surface area (Å²) in [6, 6.07) is -0.409. The zero-order chi connectivity index (χ0) is 34.4. The van der Waals surface area contributed by atoms with Crippen molar-refractivity contribution in [1.29, 1.82) is 0 Å². The standard InChI is InChI=1S/C37H60N4O7/c1-21-18-22(30(43)34(4,5)45)47-28-26(21)35(6,29(38)27(28)42)12-13-36-10-7-8-23-33(2,3)24(9-11-37(23,36)20-36)48-25-19-41(16-17-46-25)32(44)31-39-14-15-40-31/h14-15,21-30,42-43,45H,7-13,16-20,38H2,1-6H3,(H,39,40). The van der Waals surface area contributed by atoms with Crippen LogP contribution in [-0.4, -0.2) is 104 Å². The molecule has 13 atom stereocenters. The summed E-state index contributed by atoms with van der Waals surface area (Å²) in [5, 5.41) is 32.8. The number of imidazole rings is 1. The zero-order valence-corrected chi connectivity index (χ0v) is 29.9. The molecule has 6 N–H and O–H groups in total. The lowest BCUT2D eigenvalue weighted by atomic mass is 9.53. The Morgan fingerprint density at radius 3 is 2.73 bits per heavy atom. The van der Waals surface area contributed by atoms with Crippen LogP contribution < -0.4 is 5.73 Å². The van der Waals surface area contributed by atoms with Crippen LogP contribution in [0.5, 0.6) is 0 Å². The van der Waals surface area contributed by atoms with Crippen molar-refractivity contribution in [2.75, 3.05) is 19.7 Å². The van der Waals surface area contributed by atoms with Crippen LogP contribution in [-0.2, 0) is 14.2 Å². The molecule has 270 valence electrons. The number of aliphatic hydroxyl groups is 3. The molecule has 6 fully saturated rings. The van der Waals surface area contributed by atoms with Crippen LogP contribution in [0.2, 0.25) is 0 Å². The van der Waals surface area contributed by atoms with Gasteiger partial charge in [0.2, 0.25) is 0 Å². The number of hydrogen-bond donors (Lipinski definition) is 5. The van der Waals surface area contributed by atoms with Gasteiger partial charge in [0.25, 0.3) is 5.91 Å². The second-order valence-electron chi connectivity index (χ2n) is 18.0. The lowest BCUT2D eigenvalue weighted by Gasteiger charge is -2.54. The number of nitrogens with zero attached hydrogens (tertiary/aromatic N) is 2. The highest BCUT2D eigenvalue weighted by Crippen LogP contribution is 2.82. The summed E-state index contributed by atoms with van der Waals surface area (Å²) in [4.78, 5) is 21.8. The Hall–Kier alpha value is -1.60. The summed E-state index contributed by atoms with van der Waals surface area (Å²) in [7, 11) is 0. The van der Waals surface area contributed by atoms with Crippen LogP contribution in [0.15, 0.2) is 12.4 Å². The predicted molar refractivity (Wildman–Crippen MR) is 179 cm³/mol. The number of carbonyl (C=O) groups is 1. The van der Waals surface area contributed by atoms with E-state index >= 15 is 0 Å². The molecule has 2 saturated heterocycles. The van der Waals surface area contributed by atoms with Crippen LogP contribution in [0, 0.1) is 39.4 Å².